The van der Waals surface area contributed by atoms with E-state index in [0.29, 0.717) is 24.6 Å². The first-order chi connectivity index (χ1) is 9.63. The van der Waals surface area contributed by atoms with Crippen LogP contribution in [0.15, 0.2) is 0 Å². The first kappa shape index (κ1) is 14.8. The van der Waals surface area contributed by atoms with Gasteiger partial charge in [-0.05, 0) is 38.3 Å². The number of hydrogen-bond acceptors (Lipinski definition) is 5. The highest BCUT2D eigenvalue weighted by Crippen LogP contribution is 2.31. The summed E-state index contributed by atoms with van der Waals surface area (Å²) < 4.78 is 7.22. The van der Waals surface area contributed by atoms with Crippen LogP contribution < -0.4 is 10.1 Å². The lowest BCUT2D eigenvalue weighted by Crippen LogP contribution is -2.30. The molecule has 1 aliphatic rings. The van der Waals surface area contributed by atoms with Crippen LogP contribution in [0.2, 0.25) is 0 Å². The lowest BCUT2D eigenvalue weighted by Gasteiger charge is -2.22. The van der Waals surface area contributed by atoms with E-state index in [9.17, 15) is 10.1 Å². The summed E-state index contributed by atoms with van der Waals surface area (Å²) in [6, 6.07) is 0. The zero-order valence-corrected chi connectivity index (χ0v) is 12.1. The number of nitrogens with zero attached hydrogens (tertiary/aromatic N) is 3. The van der Waals surface area contributed by atoms with Gasteiger partial charge in [-0.25, -0.2) is 4.68 Å². The third kappa shape index (κ3) is 3.27. The summed E-state index contributed by atoms with van der Waals surface area (Å²) in [6.45, 7) is 4.48. The molecule has 0 aliphatic carbocycles. The summed E-state index contributed by atoms with van der Waals surface area (Å²) in [6.07, 6.45) is 3.52. The van der Waals surface area contributed by atoms with E-state index >= 15 is 0 Å². The number of ether oxygens (including phenoxy) is 1. The minimum atomic E-state index is -0.379. The Bertz CT molecular complexity index is 466. The van der Waals surface area contributed by atoms with Crippen LogP contribution in [0.3, 0.4) is 0 Å². The van der Waals surface area contributed by atoms with E-state index < -0.39 is 0 Å². The van der Waals surface area contributed by atoms with Gasteiger partial charge < -0.3 is 10.1 Å². The molecule has 7 nitrogen and oxygen atoms in total. The second-order valence-electron chi connectivity index (χ2n) is 5.24. The molecule has 2 heterocycles. The maximum Gasteiger partial charge on any atom is 0.353 e. The van der Waals surface area contributed by atoms with Crippen molar-refractivity contribution in [1.82, 2.24) is 15.1 Å². The van der Waals surface area contributed by atoms with E-state index in [0.717, 1.165) is 32.4 Å². The minimum Gasteiger partial charge on any atom is -0.473 e. The van der Waals surface area contributed by atoms with E-state index in [-0.39, 0.29) is 16.5 Å². The highest BCUT2D eigenvalue weighted by atomic mass is 16.6. The van der Waals surface area contributed by atoms with E-state index in [1.165, 1.54) is 4.68 Å². The van der Waals surface area contributed by atoms with Gasteiger partial charge in [0.15, 0.2) is 0 Å². The van der Waals surface area contributed by atoms with Crippen molar-refractivity contribution in [2.75, 3.05) is 19.7 Å². The third-order valence-electron chi connectivity index (χ3n) is 3.62. The zero-order chi connectivity index (χ0) is 14.5. The zero-order valence-electron chi connectivity index (χ0n) is 12.1. The van der Waals surface area contributed by atoms with Crippen molar-refractivity contribution < 1.29 is 9.66 Å². The van der Waals surface area contributed by atoms with Crippen LogP contribution in [0.4, 0.5) is 5.69 Å². The Labute approximate surface area is 118 Å². The minimum absolute atomic E-state index is 0.0308. The molecule has 7 heteroatoms. The molecule has 2 rings (SSSR count). The van der Waals surface area contributed by atoms with Crippen LogP contribution in [-0.4, -0.2) is 34.4 Å². The summed E-state index contributed by atoms with van der Waals surface area (Å²) in [4.78, 5) is 10.9. The molecule has 0 amide bonds. The van der Waals surface area contributed by atoms with Gasteiger partial charge in [-0.3, -0.25) is 10.1 Å². The van der Waals surface area contributed by atoms with Gasteiger partial charge in [-0.2, -0.15) is 5.10 Å². The second-order valence-corrected chi connectivity index (χ2v) is 5.24. The summed E-state index contributed by atoms with van der Waals surface area (Å²) in [5.74, 6) is 0.748. The number of aromatic nitrogens is 2. The van der Waals surface area contributed by atoms with Crippen molar-refractivity contribution in [2.45, 2.75) is 32.6 Å². The van der Waals surface area contributed by atoms with E-state index in [2.05, 4.69) is 10.4 Å². The van der Waals surface area contributed by atoms with Gasteiger partial charge in [0, 0.05) is 7.05 Å². The summed E-state index contributed by atoms with van der Waals surface area (Å²) >= 11 is 0. The van der Waals surface area contributed by atoms with Crippen LogP contribution in [0.1, 0.15) is 31.9 Å². The SMILES string of the molecule is CCCc1nn(C)c(OCC2CCNCC2)c1[N+](=O)[O-]. The van der Waals surface area contributed by atoms with Crippen molar-refractivity contribution in [3.05, 3.63) is 15.8 Å². The quantitative estimate of drug-likeness (QED) is 0.634. The molecule has 0 unspecified atom stereocenters. The predicted molar refractivity (Wildman–Crippen MR) is 74.9 cm³/mol. The molecule has 1 aliphatic heterocycles. The van der Waals surface area contributed by atoms with Crippen LogP contribution in [0.5, 0.6) is 5.88 Å². The molecule has 0 radical (unpaired) electrons. The van der Waals surface area contributed by atoms with Crippen molar-refractivity contribution in [1.29, 1.82) is 0 Å². The normalized spacial score (nSPS) is 16.3. The summed E-state index contributed by atoms with van der Waals surface area (Å²) in [5, 5.41) is 18.8. The smallest absolute Gasteiger partial charge is 0.353 e. The Morgan fingerprint density at radius 1 is 1.50 bits per heavy atom. The second kappa shape index (κ2) is 6.69. The lowest BCUT2D eigenvalue weighted by molar-refractivity contribution is -0.386. The maximum absolute atomic E-state index is 11.2. The highest BCUT2D eigenvalue weighted by molar-refractivity contribution is 5.46. The summed E-state index contributed by atoms with van der Waals surface area (Å²) in [7, 11) is 1.70. The molecule has 20 heavy (non-hydrogen) atoms. The van der Waals surface area contributed by atoms with Gasteiger partial charge in [-0.1, -0.05) is 13.3 Å². The molecular formula is C13H22N4O3. The van der Waals surface area contributed by atoms with Gasteiger partial charge in [-0.15, -0.1) is 0 Å². The number of piperidine rings is 1. The topological polar surface area (TPSA) is 82.2 Å². The Kier molecular flexibility index (Phi) is 4.94. The molecule has 0 spiro atoms. The average Bonchev–Trinajstić information content (AvgIpc) is 2.74. The van der Waals surface area contributed by atoms with Crippen molar-refractivity contribution in [3.63, 3.8) is 0 Å². The maximum atomic E-state index is 11.2. The monoisotopic (exact) mass is 282 g/mol. The standard InChI is InChI=1S/C13H22N4O3/c1-3-4-11-12(17(18)19)13(16(2)15-11)20-9-10-5-7-14-8-6-10/h10,14H,3-9H2,1-2H3. The van der Waals surface area contributed by atoms with Crippen molar-refractivity contribution in [3.8, 4) is 5.88 Å². The van der Waals surface area contributed by atoms with Gasteiger partial charge >= 0.3 is 5.69 Å². The highest BCUT2D eigenvalue weighted by Gasteiger charge is 2.28. The van der Waals surface area contributed by atoms with Crippen molar-refractivity contribution >= 4 is 5.69 Å². The van der Waals surface area contributed by atoms with Crippen LogP contribution >= 0.6 is 0 Å². The Hall–Kier alpha value is -1.63. The van der Waals surface area contributed by atoms with Gasteiger partial charge in [0.1, 0.15) is 5.69 Å². The van der Waals surface area contributed by atoms with E-state index in [4.69, 9.17) is 4.74 Å². The number of hydrogen-bond donors (Lipinski definition) is 1. The molecule has 1 fully saturated rings. The molecule has 0 saturated carbocycles. The van der Waals surface area contributed by atoms with Crippen LogP contribution in [0.25, 0.3) is 0 Å². The number of nitro groups is 1. The molecule has 0 bridgehead atoms. The molecule has 1 N–H and O–H groups in total. The molecule has 1 aromatic heterocycles. The van der Waals surface area contributed by atoms with Gasteiger partial charge in [0.25, 0.3) is 5.88 Å². The van der Waals surface area contributed by atoms with Gasteiger partial charge in [0.05, 0.1) is 11.5 Å². The fraction of sp³-hybridized carbons (Fsp3) is 0.769. The fourth-order valence-electron chi connectivity index (χ4n) is 2.55. The molecule has 0 atom stereocenters. The Morgan fingerprint density at radius 2 is 2.20 bits per heavy atom. The van der Waals surface area contributed by atoms with Gasteiger partial charge in [0.2, 0.25) is 0 Å². The average molecular weight is 282 g/mol. The van der Waals surface area contributed by atoms with E-state index in [1.54, 1.807) is 7.05 Å². The first-order valence-electron chi connectivity index (χ1n) is 7.17. The third-order valence-corrected chi connectivity index (χ3v) is 3.62. The number of rotatable bonds is 6. The molecular weight excluding hydrogens is 260 g/mol. The largest absolute Gasteiger partial charge is 0.473 e. The van der Waals surface area contributed by atoms with Crippen LogP contribution in [-0.2, 0) is 13.5 Å². The van der Waals surface area contributed by atoms with E-state index in [1.807, 2.05) is 6.92 Å². The summed E-state index contributed by atoms with van der Waals surface area (Å²) in [5.41, 5.74) is 0.545. The molecule has 1 aromatic rings. The molecule has 0 aromatic carbocycles. The lowest BCUT2D eigenvalue weighted by atomic mass is 9.99. The Morgan fingerprint density at radius 3 is 2.80 bits per heavy atom. The fourth-order valence-corrected chi connectivity index (χ4v) is 2.55. The first-order valence-corrected chi connectivity index (χ1v) is 7.17. The molecule has 112 valence electrons. The number of aryl methyl sites for hydroxylation is 2. The Balaban J connectivity index is 2.11. The molecule has 1 saturated heterocycles. The number of nitrogens with one attached hydrogen (secondary N) is 1. The van der Waals surface area contributed by atoms with Crippen LogP contribution in [0, 0.1) is 16.0 Å². The van der Waals surface area contributed by atoms with Crippen molar-refractivity contribution in [2.24, 2.45) is 13.0 Å². The predicted octanol–water partition coefficient (Wildman–Crippen LogP) is 1.66.